The second-order valence-electron chi connectivity index (χ2n) is 4.16. The fraction of sp³-hybridized carbons (Fsp3) is 0.417. The summed E-state index contributed by atoms with van der Waals surface area (Å²) >= 11 is 9.38. The zero-order valence-electron chi connectivity index (χ0n) is 9.30. The lowest BCUT2D eigenvalue weighted by molar-refractivity contribution is -0.120. The minimum absolute atomic E-state index is 0.0430. The maximum atomic E-state index is 12.0. The van der Waals surface area contributed by atoms with Crippen molar-refractivity contribution >= 4 is 39.1 Å². The van der Waals surface area contributed by atoms with Gasteiger partial charge in [0, 0.05) is 11.0 Å². The van der Waals surface area contributed by atoms with E-state index in [-0.39, 0.29) is 11.8 Å². The minimum atomic E-state index is 0.0430. The van der Waals surface area contributed by atoms with Crippen LogP contribution in [0.1, 0.15) is 12.8 Å². The summed E-state index contributed by atoms with van der Waals surface area (Å²) in [5.41, 5.74) is 0.672. The first kappa shape index (κ1) is 12.9. The summed E-state index contributed by atoms with van der Waals surface area (Å²) in [5.74, 6) is 0.0879. The van der Waals surface area contributed by atoms with E-state index in [0.29, 0.717) is 10.7 Å². The van der Waals surface area contributed by atoms with Crippen molar-refractivity contribution in [2.24, 2.45) is 5.92 Å². The Hall–Kier alpha value is -0.580. The molecule has 0 saturated carbocycles. The number of hydrogen-bond acceptors (Lipinski definition) is 2. The molecule has 0 unspecified atom stereocenters. The molecule has 0 aliphatic carbocycles. The van der Waals surface area contributed by atoms with E-state index in [0.717, 1.165) is 30.4 Å². The first-order chi connectivity index (χ1) is 8.16. The van der Waals surface area contributed by atoms with Gasteiger partial charge in [-0.3, -0.25) is 4.79 Å². The van der Waals surface area contributed by atoms with Crippen LogP contribution in [-0.2, 0) is 4.79 Å². The number of rotatable bonds is 2. The standard InChI is InChI=1S/C12H14BrClN2O/c13-9-3-4-11(10(14)6-9)16-12(17)8-2-1-5-15-7-8/h3-4,6,8,15H,1-2,5,7H2,(H,16,17)/t8-/m0/s1. The molecule has 0 spiro atoms. The van der Waals surface area contributed by atoms with Gasteiger partial charge in [-0.25, -0.2) is 0 Å². The van der Waals surface area contributed by atoms with Crippen LogP contribution in [0.4, 0.5) is 5.69 Å². The first-order valence-electron chi connectivity index (χ1n) is 5.63. The van der Waals surface area contributed by atoms with Gasteiger partial charge in [0.1, 0.15) is 0 Å². The number of carbonyl (C=O) groups is 1. The molecule has 2 N–H and O–H groups in total. The zero-order chi connectivity index (χ0) is 12.3. The van der Waals surface area contributed by atoms with Crippen molar-refractivity contribution in [1.82, 2.24) is 5.32 Å². The number of piperidine rings is 1. The quantitative estimate of drug-likeness (QED) is 0.880. The average Bonchev–Trinajstić information content (AvgIpc) is 2.34. The number of carbonyl (C=O) groups excluding carboxylic acids is 1. The first-order valence-corrected chi connectivity index (χ1v) is 6.80. The summed E-state index contributed by atoms with van der Waals surface area (Å²) in [6.45, 7) is 1.75. The van der Waals surface area contributed by atoms with Crippen LogP contribution >= 0.6 is 27.5 Å². The number of halogens is 2. The Kier molecular flexibility index (Phi) is 4.42. The molecule has 92 valence electrons. The van der Waals surface area contributed by atoms with Gasteiger partial charge in [-0.15, -0.1) is 0 Å². The lowest BCUT2D eigenvalue weighted by Crippen LogP contribution is -2.37. The van der Waals surface area contributed by atoms with Crippen LogP contribution in [0.3, 0.4) is 0 Å². The molecule has 1 aromatic rings. The molecule has 3 nitrogen and oxygen atoms in total. The van der Waals surface area contributed by atoms with Crippen molar-refractivity contribution in [3.05, 3.63) is 27.7 Å². The van der Waals surface area contributed by atoms with E-state index in [4.69, 9.17) is 11.6 Å². The largest absolute Gasteiger partial charge is 0.324 e. The third-order valence-electron chi connectivity index (χ3n) is 2.86. The molecular weight excluding hydrogens is 304 g/mol. The molecule has 1 amide bonds. The van der Waals surface area contributed by atoms with Crippen molar-refractivity contribution in [2.45, 2.75) is 12.8 Å². The fourth-order valence-corrected chi connectivity index (χ4v) is 2.62. The van der Waals surface area contributed by atoms with Crippen molar-refractivity contribution in [1.29, 1.82) is 0 Å². The van der Waals surface area contributed by atoms with Crippen LogP contribution in [0.5, 0.6) is 0 Å². The van der Waals surface area contributed by atoms with Crippen LogP contribution in [0.25, 0.3) is 0 Å². The molecular formula is C12H14BrClN2O. The van der Waals surface area contributed by atoms with Gasteiger partial charge in [0.05, 0.1) is 16.6 Å². The van der Waals surface area contributed by atoms with Crippen LogP contribution < -0.4 is 10.6 Å². The highest BCUT2D eigenvalue weighted by molar-refractivity contribution is 9.10. The Morgan fingerprint density at radius 2 is 2.35 bits per heavy atom. The molecule has 1 aromatic carbocycles. The number of benzene rings is 1. The second-order valence-corrected chi connectivity index (χ2v) is 5.48. The van der Waals surface area contributed by atoms with E-state index in [9.17, 15) is 4.79 Å². The van der Waals surface area contributed by atoms with Gasteiger partial charge < -0.3 is 10.6 Å². The van der Waals surface area contributed by atoms with E-state index in [1.807, 2.05) is 6.07 Å². The fourth-order valence-electron chi connectivity index (χ4n) is 1.90. The molecule has 17 heavy (non-hydrogen) atoms. The lowest BCUT2D eigenvalue weighted by atomic mass is 9.99. The molecule has 1 atom stereocenters. The van der Waals surface area contributed by atoms with Gasteiger partial charge in [-0.2, -0.15) is 0 Å². The highest BCUT2D eigenvalue weighted by Crippen LogP contribution is 2.26. The Labute approximate surface area is 114 Å². The monoisotopic (exact) mass is 316 g/mol. The highest BCUT2D eigenvalue weighted by Gasteiger charge is 2.21. The van der Waals surface area contributed by atoms with Crippen LogP contribution in [0.2, 0.25) is 5.02 Å². The van der Waals surface area contributed by atoms with Gasteiger partial charge in [-0.1, -0.05) is 27.5 Å². The van der Waals surface area contributed by atoms with Crippen molar-refractivity contribution < 1.29 is 4.79 Å². The molecule has 0 bridgehead atoms. The van der Waals surface area contributed by atoms with E-state index < -0.39 is 0 Å². The summed E-state index contributed by atoms with van der Waals surface area (Å²) in [6, 6.07) is 5.44. The van der Waals surface area contributed by atoms with E-state index in [2.05, 4.69) is 26.6 Å². The smallest absolute Gasteiger partial charge is 0.228 e. The maximum absolute atomic E-state index is 12.0. The number of nitrogens with one attached hydrogen (secondary N) is 2. The van der Waals surface area contributed by atoms with Crippen molar-refractivity contribution in [2.75, 3.05) is 18.4 Å². The SMILES string of the molecule is O=C(Nc1ccc(Br)cc1Cl)[C@H]1CCCNC1. The Morgan fingerprint density at radius 1 is 1.53 bits per heavy atom. The number of anilines is 1. The maximum Gasteiger partial charge on any atom is 0.228 e. The van der Waals surface area contributed by atoms with E-state index in [1.54, 1.807) is 12.1 Å². The van der Waals surface area contributed by atoms with Crippen molar-refractivity contribution in [3.63, 3.8) is 0 Å². The van der Waals surface area contributed by atoms with E-state index in [1.165, 1.54) is 0 Å². The molecule has 5 heteroatoms. The molecule has 0 aromatic heterocycles. The molecule has 1 saturated heterocycles. The molecule has 1 aliphatic rings. The lowest BCUT2D eigenvalue weighted by Gasteiger charge is -2.22. The minimum Gasteiger partial charge on any atom is -0.324 e. The predicted molar refractivity (Wildman–Crippen MR) is 73.4 cm³/mol. The summed E-state index contributed by atoms with van der Waals surface area (Å²) in [5, 5.41) is 6.65. The molecule has 2 rings (SSSR count). The molecule has 1 fully saturated rings. The Balaban J connectivity index is 2.02. The van der Waals surface area contributed by atoms with Gasteiger partial charge in [0.25, 0.3) is 0 Å². The zero-order valence-corrected chi connectivity index (χ0v) is 11.6. The molecule has 1 aliphatic heterocycles. The number of amides is 1. The molecule has 0 radical (unpaired) electrons. The van der Waals surface area contributed by atoms with Gasteiger partial charge >= 0.3 is 0 Å². The van der Waals surface area contributed by atoms with Gasteiger partial charge in [0.15, 0.2) is 0 Å². The Bertz CT molecular complexity index is 419. The normalized spacial score (nSPS) is 20.0. The van der Waals surface area contributed by atoms with Crippen LogP contribution in [0.15, 0.2) is 22.7 Å². The van der Waals surface area contributed by atoms with Gasteiger partial charge in [-0.05, 0) is 37.6 Å². The van der Waals surface area contributed by atoms with Crippen molar-refractivity contribution in [3.8, 4) is 0 Å². The summed E-state index contributed by atoms with van der Waals surface area (Å²) in [4.78, 5) is 12.0. The second kappa shape index (κ2) is 5.85. The van der Waals surface area contributed by atoms with Crippen LogP contribution in [-0.4, -0.2) is 19.0 Å². The Morgan fingerprint density at radius 3 is 3.00 bits per heavy atom. The molecule has 1 heterocycles. The summed E-state index contributed by atoms with van der Waals surface area (Å²) in [7, 11) is 0. The third kappa shape index (κ3) is 3.44. The summed E-state index contributed by atoms with van der Waals surface area (Å²) in [6.07, 6.45) is 1.99. The number of hydrogen-bond donors (Lipinski definition) is 2. The van der Waals surface area contributed by atoms with Crippen LogP contribution in [0, 0.1) is 5.92 Å². The topological polar surface area (TPSA) is 41.1 Å². The summed E-state index contributed by atoms with van der Waals surface area (Å²) < 4.78 is 0.903. The predicted octanol–water partition coefficient (Wildman–Crippen LogP) is 3.04. The third-order valence-corrected chi connectivity index (χ3v) is 3.66. The van der Waals surface area contributed by atoms with E-state index >= 15 is 0 Å². The van der Waals surface area contributed by atoms with Gasteiger partial charge in [0.2, 0.25) is 5.91 Å². The highest BCUT2D eigenvalue weighted by atomic mass is 79.9. The average molecular weight is 318 g/mol.